The lowest BCUT2D eigenvalue weighted by molar-refractivity contribution is -0.00165. The number of hydrogen-bond donors (Lipinski definition) is 1. The monoisotopic (exact) mass is 240 g/mol. The van der Waals surface area contributed by atoms with Crippen molar-refractivity contribution in [3.8, 4) is 0 Å². The molecule has 3 nitrogen and oxygen atoms in total. The van der Waals surface area contributed by atoms with E-state index in [1.54, 1.807) is 0 Å². The van der Waals surface area contributed by atoms with Gasteiger partial charge in [-0.15, -0.1) is 0 Å². The smallest absolute Gasteiger partial charge is 0.0695 e. The lowest BCUT2D eigenvalue weighted by atomic mass is 9.89. The number of rotatable bonds is 3. The van der Waals surface area contributed by atoms with Crippen molar-refractivity contribution in [2.45, 2.75) is 63.6 Å². The van der Waals surface area contributed by atoms with Gasteiger partial charge in [0.25, 0.3) is 0 Å². The van der Waals surface area contributed by atoms with Crippen LogP contribution >= 0.6 is 0 Å². The van der Waals surface area contributed by atoms with Crippen molar-refractivity contribution in [2.75, 3.05) is 26.7 Å². The standard InChI is InChI=1S/C14H28N2O/c1-3-16-10-8-12(9-11-16)15(2)13-6-4-5-7-14(13)17/h12-14,17H,3-11H2,1-2H3/t13-,14-/m0/s1. The molecule has 1 N–H and O–H groups in total. The molecule has 2 aliphatic rings. The molecule has 0 amide bonds. The van der Waals surface area contributed by atoms with Crippen molar-refractivity contribution in [3.05, 3.63) is 0 Å². The second kappa shape index (κ2) is 6.17. The molecule has 1 heterocycles. The Hall–Kier alpha value is -0.120. The van der Waals surface area contributed by atoms with Gasteiger partial charge in [-0.05, 0) is 52.4 Å². The zero-order valence-corrected chi connectivity index (χ0v) is 11.4. The van der Waals surface area contributed by atoms with Crippen LogP contribution in [0.25, 0.3) is 0 Å². The fourth-order valence-electron chi connectivity index (χ4n) is 3.48. The summed E-state index contributed by atoms with van der Waals surface area (Å²) in [7, 11) is 2.23. The molecule has 2 atom stereocenters. The average Bonchev–Trinajstić information content (AvgIpc) is 2.39. The molecule has 0 spiro atoms. The van der Waals surface area contributed by atoms with Crippen LogP contribution in [0.5, 0.6) is 0 Å². The lowest BCUT2D eigenvalue weighted by Gasteiger charge is -2.43. The van der Waals surface area contributed by atoms with Crippen molar-refractivity contribution in [2.24, 2.45) is 0 Å². The first-order valence-corrected chi connectivity index (χ1v) is 7.34. The largest absolute Gasteiger partial charge is 0.391 e. The van der Waals surface area contributed by atoms with Crippen LogP contribution < -0.4 is 0 Å². The Morgan fingerprint density at radius 3 is 2.35 bits per heavy atom. The zero-order chi connectivity index (χ0) is 12.3. The van der Waals surface area contributed by atoms with Gasteiger partial charge in [-0.2, -0.15) is 0 Å². The molecule has 2 fully saturated rings. The first kappa shape index (κ1) is 13.3. The van der Waals surface area contributed by atoms with Crippen LogP contribution in [0, 0.1) is 0 Å². The number of hydrogen-bond acceptors (Lipinski definition) is 3. The highest BCUT2D eigenvalue weighted by atomic mass is 16.3. The summed E-state index contributed by atoms with van der Waals surface area (Å²) in [6.45, 7) is 5.89. The molecule has 1 aliphatic carbocycles. The summed E-state index contributed by atoms with van der Waals surface area (Å²) in [5, 5.41) is 10.1. The predicted molar refractivity (Wildman–Crippen MR) is 71.2 cm³/mol. The number of aliphatic hydroxyl groups is 1. The van der Waals surface area contributed by atoms with Gasteiger partial charge >= 0.3 is 0 Å². The van der Waals surface area contributed by atoms with Gasteiger partial charge in [-0.3, -0.25) is 4.90 Å². The van der Waals surface area contributed by atoms with E-state index in [4.69, 9.17) is 0 Å². The highest BCUT2D eigenvalue weighted by Gasteiger charge is 2.31. The Kier molecular flexibility index (Phi) is 4.83. The number of likely N-dealkylation sites (tertiary alicyclic amines) is 1. The first-order chi connectivity index (χ1) is 8.22. The second-order valence-corrected chi connectivity index (χ2v) is 5.75. The van der Waals surface area contributed by atoms with Gasteiger partial charge in [0.05, 0.1) is 6.10 Å². The van der Waals surface area contributed by atoms with Crippen LogP contribution in [-0.2, 0) is 0 Å². The minimum absolute atomic E-state index is 0.0852. The molecule has 1 saturated heterocycles. The number of likely N-dealkylation sites (N-methyl/N-ethyl adjacent to an activating group) is 1. The van der Waals surface area contributed by atoms with Crippen molar-refractivity contribution < 1.29 is 5.11 Å². The topological polar surface area (TPSA) is 26.7 Å². The van der Waals surface area contributed by atoms with Crippen LogP contribution in [-0.4, -0.2) is 59.8 Å². The van der Waals surface area contributed by atoms with Crippen LogP contribution in [0.1, 0.15) is 45.4 Å². The highest BCUT2D eigenvalue weighted by Crippen LogP contribution is 2.26. The van der Waals surface area contributed by atoms with E-state index in [9.17, 15) is 5.11 Å². The van der Waals surface area contributed by atoms with E-state index in [-0.39, 0.29) is 6.10 Å². The second-order valence-electron chi connectivity index (χ2n) is 5.75. The summed E-state index contributed by atoms with van der Waals surface area (Å²) in [5.41, 5.74) is 0. The molecule has 1 saturated carbocycles. The fraction of sp³-hybridized carbons (Fsp3) is 1.00. The van der Waals surface area contributed by atoms with E-state index in [0.717, 1.165) is 6.42 Å². The molecule has 0 aromatic heterocycles. The summed E-state index contributed by atoms with van der Waals surface area (Å²) in [6, 6.07) is 1.11. The molecule has 0 unspecified atom stereocenters. The Bertz CT molecular complexity index is 226. The fourth-order valence-corrected chi connectivity index (χ4v) is 3.48. The maximum absolute atomic E-state index is 10.1. The molecule has 0 radical (unpaired) electrons. The molecule has 100 valence electrons. The third kappa shape index (κ3) is 3.21. The SMILES string of the molecule is CCN1CCC(N(C)[C@H]2CCCC[C@@H]2O)CC1. The van der Waals surface area contributed by atoms with Gasteiger partial charge in [0, 0.05) is 12.1 Å². The molecular formula is C14H28N2O. The van der Waals surface area contributed by atoms with Crippen molar-refractivity contribution in [1.82, 2.24) is 9.80 Å². The number of nitrogens with zero attached hydrogens (tertiary/aromatic N) is 2. The summed E-state index contributed by atoms with van der Waals surface area (Å²) < 4.78 is 0. The molecular weight excluding hydrogens is 212 g/mol. The number of aliphatic hydroxyl groups excluding tert-OH is 1. The van der Waals surface area contributed by atoms with Crippen LogP contribution in [0.3, 0.4) is 0 Å². The third-order valence-electron chi connectivity index (χ3n) is 4.80. The van der Waals surface area contributed by atoms with E-state index in [0.29, 0.717) is 12.1 Å². The first-order valence-electron chi connectivity index (χ1n) is 7.34. The molecule has 2 rings (SSSR count). The third-order valence-corrected chi connectivity index (χ3v) is 4.80. The zero-order valence-electron chi connectivity index (χ0n) is 11.4. The maximum Gasteiger partial charge on any atom is 0.0695 e. The predicted octanol–water partition coefficient (Wildman–Crippen LogP) is 1.71. The summed E-state index contributed by atoms with van der Waals surface area (Å²) >= 11 is 0. The van der Waals surface area contributed by atoms with E-state index in [2.05, 4.69) is 23.8 Å². The van der Waals surface area contributed by atoms with Gasteiger partial charge in [0.1, 0.15) is 0 Å². The van der Waals surface area contributed by atoms with E-state index in [1.165, 1.54) is 51.7 Å². The summed E-state index contributed by atoms with van der Waals surface area (Å²) in [6.07, 6.45) is 7.15. The van der Waals surface area contributed by atoms with E-state index in [1.807, 2.05) is 0 Å². The van der Waals surface area contributed by atoms with Gasteiger partial charge in [-0.1, -0.05) is 19.8 Å². The maximum atomic E-state index is 10.1. The Labute approximate surface area is 106 Å². The molecule has 1 aliphatic heterocycles. The number of piperidine rings is 1. The Morgan fingerprint density at radius 1 is 1.12 bits per heavy atom. The van der Waals surface area contributed by atoms with Gasteiger partial charge in [0.15, 0.2) is 0 Å². The van der Waals surface area contributed by atoms with E-state index >= 15 is 0 Å². The molecule has 0 aromatic carbocycles. The van der Waals surface area contributed by atoms with Crippen LogP contribution in [0.15, 0.2) is 0 Å². The summed E-state index contributed by atoms with van der Waals surface area (Å²) in [5.74, 6) is 0. The van der Waals surface area contributed by atoms with Gasteiger partial charge in [-0.25, -0.2) is 0 Å². The molecule has 0 bridgehead atoms. The Balaban J connectivity index is 1.85. The summed E-state index contributed by atoms with van der Waals surface area (Å²) in [4.78, 5) is 5.01. The normalized spacial score (nSPS) is 33.2. The van der Waals surface area contributed by atoms with Crippen molar-refractivity contribution in [3.63, 3.8) is 0 Å². The van der Waals surface area contributed by atoms with Crippen molar-refractivity contribution >= 4 is 0 Å². The van der Waals surface area contributed by atoms with E-state index < -0.39 is 0 Å². The molecule has 17 heavy (non-hydrogen) atoms. The van der Waals surface area contributed by atoms with Gasteiger partial charge in [0.2, 0.25) is 0 Å². The minimum atomic E-state index is -0.0852. The van der Waals surface area contributed by atoms with Crippen LogP contribution in [0.4, 0.5) is 0 Å². The molecule has 3 heteroatoms. The lowest BCUT2D eigenvalue weighted by Crippen LogP contribution is -2.51. The minimum Gasteiger partial charge on any atom is -0.391 e. The van der Waals surface area contributed by atoms with Gasteiger partial charge < -0.3 is 10.0 Å². The molecule has 0 aromatic rings. The van der Waals surface area contributed by atoms with Crippen LogP contribution in [0.2, 0.25) is 0 Å². The Morgan fingerprint density at radius 2 is 1.76 bits per heavy atom. The highest BCUT2D eigenvalue weighted by molar-refractivity contribution is 4.87. The quantitative estimate of drug-likeness (QED) is 0.813. The van der Waals surface area contributed by atoms with Crippen molar-refractivity contribution in [1.29, 1.82) is 0 Å². The average molecular weight is 240 g/mol.